The molecule has 0 saturated carbocycles. The van der Waals surface area contributed by atoms with Crippen molar-refractivity contribution >= 4 is 6.08 Å². The Morgan fingerprint density at radius 2 is 2.05 bits per heavy atom. The quantitative estimate of drug-likeness (QED) is 0.731. The van der Waals surface area contributed by atoms with Crippen LogP contribution in [0.5, 0.6) is 11.5 Å². The number of ether oxygens (including phenoxy) is 2. The summed E-state index contributed by atoms with van der Waals surface area (Å²) in [5.74, 6) is 1.57. The highest BCUT2D eigenvalue weighted by molar-refractivity contribution is 5.58. The highest BCUT2D eigenvalue weighted by Gasteiger charge is 2.06. The van der Waals surface area contributed by atoms with Crippen LogP contribution in [0.2, 0.25) is 0 Å². The molecule has 0 aliphatic rings. The molecule has 20 heavy (non-hydrogen) atoms. The lowest BCUT2D eigenvalue weighted by molar-refractivity contribution is 0.230. The van der Waals surface area contributed by atoms with Gasteiger partial charge in [-0.2, -0.15) is 0 Å². The minimum absolute atomic E-state index is 0.144. The highest BCUT2D eigenvalue weighted by Crippen LogP contribution is 2.29. The normalized spacial score (nSPS) is 11.8. The predicted molar refractivity (Wildman–Crippen MR) is 85.6 cm³/mol. The van der Waals surface area contributed by atoms with Crippen molar-refractivity contribution in [2.45, 2.75) is 40.2 Å². The number of nitrogens with one attached hydrogen (secondary N) is 1. The van der Waals surface area contributed by atoms with E-state index in [4.69, 9.17) is 9.47 Å². The van der Waals surface area contributed by atoms with Gasteiger partial charge in [0.1, 0.15) is 0 Å². The highest BCUT2D eigenvalue weighted by atomic mass is 16.5. The Hall–Kier alpha value is -1.48. The molecular formula is C17H27NO2. The Balaban J connectivity index is 2.78. The second-order valence-corrected chi connectivity index (χ2v) is 5.24. The van der Waals surface area contributed by atoms with Crippen LogP contribution in [0.25, 0.3) is 6.08 Å². The molecule has 1 aromatic carbocycles. The van der Waals surface area contributed by atoms with Crippen LogP contribution in [0, 0.1) is 0 Å². The predicted octanol–water partition coefficient (Wildman–Crippen LogP) is 3.89. The van der Waals surface area contributed by atoms with E-state index in [1.165, 1.54) is 5.57 Å². The zero-order valence-corrected chi connectivity index (χ0v) is 13.3. The van der Waals surface area contributed by atoms with Crippen LogP contribution in [0.15, 0.2) is 23.8 Å². The summed E-state index contributed by atoms with van der Waals surface area (Å²) in [5.41, 5.74) is 2.44. The maximum Gasteiger partial charge on any atom is 0.161 e. The summed E-state index contributed by atoms with van der Waals surface area (Å²) in [4.78, 5) is 0. The third-order valence-corrected chi connectivity index (χ3v) is 2.79. The summed E-state index contributed by atoms with van der Waals surface area (Å²) in [6, 6.07) is 6.04. The topological polar surface area (TPSA) is 30.5 Å². The molecule has 1 N–H and O–H groups in total. The van der Waals surface area contributed by atoms with Gasteiger partial charge in [0.2, 0.25) is 0 Å². The smallest absolute Gasteiger partial charge is 0.161 e. The molecule has 0 aromatic heterocycles. The average Bonchev–Trinajstić information content (AvgIpc) is 2.40. The maximum absolute atomic E-state index is 5.72. The first-order valence-electron chi connectivity index (χ1n) is 7.29. The molecule has 112 valence electrons. The Labute approximate surface area is 123 Å². The molecule has 3 heteroatoms. The number of hydrogen-bond donors (Lipinski definition) is 1. The van der Waals surface area contributed by atoms with Crippen molar-refractivity contribution in [3.05, 3.63) is 29.3 Å². The van der Waals surface area contributed by atoms with Crippen molar-refractivity contribution in [3.63, 3.8) is 0 Å². The molecule has 0 spiro atoms. The average molecular weight is 277 g/mol. The van der Waals surface area contributed by atoms with E-state index in [1.807, 2.05) is 26.0 Å². The van der Waals surface area contributed by atoms with Crippen molar-refractivity contribution in [2.75, 3.05) is 20.2 Å². The monoisotopic (exact) mass is 277 g/mol. The van der Waals surface area contributed by atoms with Crippen molar-refractivity contribution < 1.29 is 9.47 Å². The molecule has 0 radical (unpaired) electrons. The van der Waals surface area contributed by atoms with Gasteiger partial charge >= 0.3 is 0 Å². The Morgan fingerprint density at radius 3 is 2.65 bits per heavy atom. The van der Waals surface area contributed by atoms with Crippen LogP contribution in [0.3, 0.4) is 0 Å². The van der Waals surface area contributed by atoms with E-state index in [-0.39, 0.29) is 6.10 Å². The Bertz CT molecular complexity index is 439. The van der Waals surface area contributed by atoms with Crippen molar-refractivity contribution in [2.24, 2.45) is 0 Å². The van der Waals surface area contributed by atoms with Crippen molar-refractivity contribution in [1.29, 1.82) is 0 Å². The lowest BCUT2D eigenvalue weighted by Gasteiger charge is -2.14. The van der Waals surface area contributed by atoms with E-state index < -0.39 is 0 Å². The molecule has 0 saturated heterocycles. The van der Waals surface area contributed by atoms with Crippen molar-refractivity contribution in [3.8, 4) is 11.5 Å². The van der Waals surface area contributed by atoms with E-state index in [9.17, 15) is 0 Å². The molecule has 0 bridgehead atoms. The number of methoxy groups -OCH3 is 1. The molecule has 0 fully saturated rings. The minimum atomic E-state index is 0.144. The molecule has 0 unspecified atom stereocenters. The van der Waals surface area contributed by atoms with Crippen LogP contribution in [0.4, 0.5) is 0 Å². The summed E-state index contributed by atoms with van der Waals surface area (Å²) >= 11 is 0. The van der Waals surface area contributed by atoms with Crippen LogP contribution >= 0.6 is 0 Å². The van der Waals surface area contributed by atoms with E-state index in [0.717, 1.165) is 36.6 Å². The summed E-state index contributed by atoms with van der Waals surface area (Å²) in [6.45, 7) is 10.3. The standard InChI is InChI=1S/C17H27NO2/c1-6-9-18-12-14(4)10-15-7-8-16(20-13(2)3)17(11-15)19-5/h7-8,10-11,13,18H,6,9,12H2,1-5H3. The lowest BCUT2D eigenvalue weighted by atomic mass is 10.1. The van der Waals surface area contributed by atoms with Gasteiger partial charge in [0.25, 0.3) is 0 Å². The van der Waals surface area contributed by atoms with E-state index in [2.05, 4.69) is 31.3 Å². The molecule has 1 aromatic rings. The van der Waals surface area contributed by atoms with Crippen LogP contribution < -0.4 is 14.8 Å². The van der Waals surface area contributed by atoms with E-state index in [0.29, 0.717) is 0 Å². The van der Waals surface area contributed by atoms with Crippen LogP contribution in [-0.4, -0.2) is 26.3 Å². The third kappa shape index (κ3) is 5.66. The number of hydrogen-bond acceptors (Lipinski definition) is 3. The molecule has 0 aliphatic heterocycles. The molecule has 0 atom stereocenters. The fourth-order valence-corrected chi connectivity index (χ4v) is 1.92. The van der Waals surface area contributed by atoms with Crippen LogP contribution in [-0.2, 0) is 0 Å². The fourth-order valence-electron chi connectivity index (χ4n) is 1.92. The second-order valence-electron chi connectivity index (χ2n) is 5.24. The maximum atomic E-state index is 5.72. The third-order valence-electron chi connectivity index (χ3n) is 2.79. The Morgan fingerprint density at radius 1 is 1.30 bits per heavy atom. The second kappa shape index (κ2) is 8.64. The first-order valence-corrected chi connectivity index (χ1v) is 7.29. The zero-order chi connectivity index (χ0) is 15.0. The van der Waals surface area contributed by atoms with Gasteiger partial charge in [-0.3, -0.25) is 0 Å². The summed E-state index contributed by atoms with van der Waals surface area (Å²) in [6.07, 6.45) is 3.47. The lowest BCUT2D eigenvalue weighted by Crippen LogP contribution is -2.16. The van der Waals surface area contributed by atoms with Gasteiger partial charge in [-0.05, 0) is 51.4 Å². The molecular weight excluding hydrogens is 250 g/mol. The number of benzene rings is 1. The van der Waals surface area contributed by atoms with Gasteiger partial charge in [-0.25, -0.2) is 0 Å². The number of rotatable bonds is 8. The largest absolute Gasteiger partial charge is 0.493 e. The summed E-state index contributed by atoms with van der Waals surface area (Å²) < 4.78 is 11.1. The molecule has 0 amide bonds. The molecule has 0 aliphatic carbocycles. The minimum Gasteiger partial charge on any atom is -0.493 e. The van der Waals surface area contributed by atoms with Gasteiger partial charge in [0.15, 0.2) is 11.5 Å². The van der Waals surface area contributed by atoms with Crippen molar-refractivity contribution in [1.82, 2.24) is 5.32 Å². The SMILES string of the molecule is CCCNCC(C)=Cc1ccc(OC(C)C)c(OC)c1. The molecule has 3 nitrogen and oxygen atoms in total. The zero-order valence-electron chi connectivity index (χ0n) is 13.3. The van der Waals surface area contributed by atoms with Gasteiger partial charge in [0, 0.05) is 6.54 Å². The van der Waals surface area contributed by atoms with Gasteiger partial charge in [-0.1, -0.05) is 24.6 Å². The van der Waals surface area contributed by atoms with Gasteiger partial charge in [0.05, 0.1) is 13.2 Å². The van der Waals surface area contributed by atoms with Gasteiger partial charge < -0.3 is 14.8 Å². The van der Waals surface area contributed by atoms with Crippen LogP contribution in [0.1, 0.15) is 39.7 Å². The van der Waals surface area contributed by atoms with Gasteiger partial charge in [-0.15, -0.1) is 0 Å². The molecule has 1 rings (SSSR count). The summed E-state index contributed by atoms with van der Waals surface area (Å²) in [7, 11) is 1.67. The Kier molecular flexibility index (Phi) is 7.16. The van der Waals surface area contributed by atoms with E-state index >= 15 is 0 Å². The summed E-state index contributed by atoms with van der Waals surface area (Å²) in [5, 5.41) is 3.40. The first-order chi connectivity index (χ1) is 9.56. The van der Waals surface area contributed by atoms with E-state index in [1.54, 1.807) is 7.11 Å². The fraction of sp³-hybridized carbons (Fsp3) is 0.529. The first kappa shape index (κ1) is 16.6. The molecule has 0 heterocycles.